The van der Waals surface area contributed by atoms with E-state index in [9.17, 15) is 0 Å². The Labute approximate surface area is 120 Å². The van der Waals surface area contributed by atoms with Crippen molar-refractivity contribution in [3.63, 3.8) is 0 Å². The molecule has 0 amide bonds. The van der Waals surface area contributed by atoms with Gasteiger partial charge in [0.1, 0.15) is 0 Å². The van der Waals surface area contributed by atoms with Gasteiger partial charge in [-0.15, -0.1) is 0 Å². The van der Waals surface area contributed by atoms with E-state index in [0.29, 0.717) is 16.6 Å². The number of nitriles is 1. The summed E-state index contributed by atoms with van der Waals surface area (Å²) in [5.74, 6) is 0.882. The standard InChI is InChI=1S/C16H21ClN2/c1-2-12-4-3-5-14(8-6-12)19-16-10-13(11-18)7-9-15(16)17/h7,9-10,12,14,19H,2-6,8H2,1H3. The topological polar surface area (TPSA) is 35.8 Å². The summed E-state index contributed by atoms with van der Waals surface area (Å²) < 4.78 is 0. The van der Waals surface area contributed by atoms with Gasteiger partial charge < -0.3 is 5.32 Å². The molecule has 102 valence electrons. The van der Waals surface area contributed by atoms with Gasteiger partial charge in [0, 0.05) is 6.04 Å². The number of hydrogen-bond donors (Lipinski definition) is 1. The SMILES string of the molecule is CCC1CCCC(Nc2cc(C#N)ccc2Cl)CC1. The fraction of sp³-hybridized carbons (Fsp3) is 0.562. The smallest absolute Gasteiger partial charge is 0.0992 e. The molecular weight excluding hydrogens is 256 g/mol. The fourth-order valence-corrected chi connectivity index (χ4v) is 3.03. The molecular formula is C16H21ClN2. The lowest BCUT2D eigenvalue weighted by molar-refractivity contribution is 0.444. The average Bonchev–Trinajstić information content (AvgIpc) is 2.66. The predicted octanol–water partition coefficient (Wildman–Crippen LogP) is 4.98. The molecule has 1 aromatic rings. The van der Waals surface area contributed by atoms with Crippen LogP contribution in [-0.4, -0.2) is 6.04 Å². The molecule has 2 unspecified atom stereocenters. The van der Waals surface area contributed by atoms with Crippen molar-refractivity contribution in [2.75, 3.05) is 5.32 Å². The third-order valence-corrected chi connectivity index (χ3v) is 4.45. The first-order valence-electron chi connectivity index (χ1n) is 7.19. The summed E-state index contributed by atoms with van der Waals surface area (Å²) in [5.41, 5.74) is 1.56. The minimum atomic E-state index is 0.489. The normalized spacial score (nSPS) is 23.4. The maximum atomic E-state index is 8.95. The van der Waals surface area contributed by atoms with Crippen LogP contribution in [-0.2, 0) is 0 Å². The van der Waals surface area contributed by atoms with Gasteiger partial charge in [-0.3, -0.25) is 0 Å². The Morgan fingerprint density at radius 3 is 2.89 bits per heavy atom. The van der Waals surface area contributed by atoms with Crippen molar-refractivity contribution in [2.45, 2.75) is 51.5 Å². The summed E-state index contributed by atoms with van der Waals surface area (Å²) in [6.07, 6.45) is 7.61. The molecule has 1 fully saturated rings. The molecule has 1 saturated carbocycles. The van der Waals surface area contributed by atoms with Crippen LogP contribution >= 0.6 is 11.6 Å². The van der Waals surface area contributed by atoms with Crippen LogP contribution in [0, 0.1) is 17.2 Å². The molecule has 2 atom stereocenters. The van der Waals surface area contributed by atoms with Crippen molar-refractivity contribution < 1.29 is 0 Å². The van der Waals surface area contributed by atoms with Crippen LogP contribution in [0.25, 0.3) is 0 Å². The second kappa shape index (κ2) is 6.82. The molecule has 3 heteroatoms. The van der Waals surface area contributed by atoms with Gasteiger partial charge in [-0.1, -0.05) is 37.8 Å². The number of benzene rings is 1. The molecule has 1 aliphatic rings. The Balaban J connectivity index is 2.03. The van der Waals surface area contributed by atoms with Gasteiger partial charge in [-0.25, -0.2) is 0 Å². The molecule has 2 nitrogen and oxygen atoms in total. The van der Waals surface area contributed by atoms with Gasteiger partial charge in [0.2, 0.25) is 0 Å². The maximum absolute atomic E-state index is 8.95. The Bertz CT molecular complexity index is 464. The van der Waals surface area contributed by atoms with E-state index in [1.54, 1.807) is 12.1 Å². The van der Waals surface area contributed by atoms with Crippen LogP contribution in [0.3, 0.4) is 0 Å². The van der Waals surface area contributed by atoms with E-state index in [2.05, 4.69) is 18.3 Å². The summed E-state index contributed by atoms with van der Waals surface area (Å²) in [6.45, 7) is 2.28. The first-order valence-corrected chi connectivity index (χ1v) is 7.57. The number of rotatable bonds is 3. The molecule has 1 N–H and O–H groups in total. The molecule has 0 saturated heterocycles. The zero-order valence-electron chi connectivity index (χ0n) is 11.5. The summed E-state index contributed by atoms with van der Waals surface area (Å²) in [7, 11) is 0. The number of anilines is 1. The Hall–Kier alpha value is -1.20. The minimum absolute atomic E-state index is 0.489. The molecule has 1 aliphatic carbocycles. The van der Waals surface area contributed by atoms with Gasteiger partial charge in [-0.05, 0) is 43.4 Å². The summed E-state index contributed by atoms with van der Waals surface area (Å²) in [4.78, 5) is 0. The van der Waals surface area contributed by atoms with Crippen LogP contribution in [0.2, 0.25) is 5.02 Å². The molecule has 0 aromatic heterocycles. The number of nitrogens with zero attached hydrogens (tertiary/aromatic N) is 1. The molecule has 2 rings (SSSR count). The van der Waals surface area contributed by atoms with E-state index in [-0.39, 0.29) is 0 Å². The second-order valence-electron chi connectivity index (χ2n) is 5.43. The summed E-state index contributed by atoms with van der Waals surface area (Å²) >= 11 is 6.20. The Morgan fingerprint density at radius 1 is 1.32 bits per heavy atom. The molecule has 0 bridgehead atoms. The lowest BCUT2D eigenvalue weighted by Crippen LogP contribution is -2.18. The third-order valence-electron chi connectivity index (χ3n) is 4.12. The maximum Gasteiger partial charge on any atom is 0.0992 e. The van der Waals surface area contributed by atoms with E-state index in [0.717, 1.165) is 11.6 Å². The van der Waals surface area contributed by atoms with Crippen molar-refractivity contribution in [1.82, 2.24) is 0 Å². The van der Waals surface area contributed by atoms with E-state index in [1.807, 2.05) is 6.07 Å². The zero-order valence-corrected chi connectivity index (χ0v) is 12.2. The minimum Gasteiger partial charge on any atom is -0.381 e. The van der Waals surface area contributed by atoms with E-state index < -0.39 is 0 Å². The first-order chi connectivity index (χ1) is 9.22. The average molecular weight is 277 g/mol. The Morgan fingerprint density at radius 2 is 2.16 bits per heavy atom. The largest absolute Gasteiger partial charge is 0.381 e. The molecule has 0 aliphatic heterocycles. The van der Waals surface area contributed by atoms with Crippen LogP contribution in [0.1, 0.15) is 51.0 Å². The van der Waals surface area contributed by atoms with Gasteiger partial charge in [0.05, 0.1) is 22.3 Å². The van der Waals surface area contributed by atoms with Crippen LogP contribution < -0.4 is 5.32 Å². The van der Waals surface area contributed by atoms with Gasteiger partial charge in [0.25, 0.3) is 0 Å². The molecule has 0 radical (unpaired) electrons. The molecule has 19 heavy (non-hydrogen) atoms. The van der Waals surface area contributed by atoms with Crippen molar-refractivity contribution in [3.8, 4) is 6.07 Å². The predicted molar refractivity (Wildman–Crippen MR) is 80.4 cm³/mol. The number of halogens is 1. The lowest BCUT2D eigenvalue weighted by atomic mass is 9.98. The number of nitrogens with one attached hydrogen (secondary N) is 1. The molecule has 0 spiro atoms. The quantitative estimate of drug-likeness (QED) is 0.790. The van der Waals surface area contributed by atoms with Crippen molar-refractivity contribution in [1.29, 1.82) is 5.26 Å². The van der Waals surface area contributed by atoms with E-state index >= 15 is 0 Å². The summed E-state index contributed by atoms with van der Waals surface area (Å²) in [6, 6.07) is 8.06. The third kappa shape index (κ3) is 3.88. The first kappa shape index (κ1) is 14.2. The van der Waals surface area contributed by atoms with Crippen LogP contribution in [0.5, 0.6) is 0 Å². The van der Waals surface area contributed by atoms with E-state index in [1.165, 1.54) is 38.5 Å². The monoisotopic (exact) mass is 276 g/mol. The van der Waals surface area contributed by atoms with Crippen LogP contribution in [0.15, 0.2) is 18.2 Å². The van der Waals surface area contributed by atoms with Gasteiger partial charge >= 0.3 is 0 Å². The summed E-state index contributed by atoms with van der Waals surface area (Å²) in [5, 5.41) is 13.2. The van der Waals surface area contributed by atoms with Crippen molar-refractivity contribution in [3.05, 3.63) is 28.8 Å². The zero-order chi connectivity index (χ0) is 13.7. The highest BCUT2D eigenvalue weighted by Gasteiger charge is 2.18. The highest BCUT2D eigenvalue weighted by atomic mass is 35.5. The van der Waals surface area contributed by atoms with Gasteiger partial charge in [0.15, 0.2) is 0 Å². The Kier molecular flexibility index (Phi) is 5.10. The second-order valence-corrected chi connectivity index (χ2v) is 5.84. The van der Waals surface area contributed by atoms with Crippen LogP contribution in [0.4, 0.5) is 5.69 Å². The highest BCUT2D eigenvalue weighted by Crippen LogP contribution is 2.30. The number of hydrogen-bond acceptors (Lipinski definition) is 2. The highest BCUT2D eigenvalue weighted by molar-refractivity contribution is 6.33. The van der Waals surface area contributed by atoms with Crippen molar-refractivity contribution >= 4 is 17.3 Å². The lowest BCUT2D eigenvalue weighted by Gasteiger charge is -2.19. The fourth-order valence-electron chi connectivity index (χ4n) is 2.86. The molecule has 0 heterocycles. The van der Waals surface area contributed by atoms with Crippen molar-refractivity contribution in [2.24, 2.45) is 5.92 Å². The molecule has 1 aromatic carbocycles. The van der Waals surface area contributed by atoms with Gasteiger partial charge in [-0.2, -0.15) is 5.26 Å². The van der Waals surface area contributed by atoms with E-state index in [4.69, 9.17) is 16.9 Å².